The zero-order valence-corrected chi connectivity index (χ0v) is 11.9. The summed E-state index contributed by atoms with van der Waals surface area (Å²) >= 11 is 0. The highest BCUT2D eigenvalue weighted by Crippen LogP contribution is 2.23. The molecule has 0 spiro atoms. The van der Waals surface area contributed by atoms with Gasteiger partial charge in [0.2, 0.25) is 0 Å². The Hall–Kier alpha value is -0.870. The molecule has 1 aromatic heterocycles. The smallest absolute Gasteiger partial charge is 0.0796 e. The molecule has 0 aliphatic heterocycles. The summed E-state index contributed by atoms with van der Waals surface area (Å²) in [4.78, 5) is 2.35. The molecule has 1 heterocycles. The molecule has 2 rings (SSSR count). The molecule has 0 bridgehead atoms. The molecule has 0 aromatic carbocycles. The standard InChI is InChI=1S/C14H26N4/c1-11(2)9-15-7-8-18(3)10-14-12-5-4-6-13(12)16-17-14/h11,15H,4-10H2,1-3H3,(H,16,17). The zero-order valence-electron chi connectivity index (χ0n) is 11.9. The summed E-state index contributed by atoms with van der Waals surface area (Å²) in [6.07, 6.45) is 3.68. The number of hydrogen-bond donors (Lipinski definition) is 2. The molecule has 1 aromatic rings. The highest BCUT2D eigenvalue weighted by molar-refractivity contribution is 5.29. The molecular formula is C14H26N4. The van der Waals surface area contributed by atoms with Crippen molar-refractivity contribution in [3.63, 3.8) is 0 Å². The van der Waals surface area contributed by atoms with Crippen molar-refractivity contribution in [3.8, 4) is 0 Å². The van der Waals surface area contributed by atoms with Crippen molar-refractivity contribution in [2.24, 2.45) is 5.92 Å². The maximum Gasteiger partial charge on any atom is 0.0796 e. The lowest BCUT2D eigenvalue weighted by molar-refractivity contribution is 0.317. The lowest BCUT2D eigenvalue weighted by Gasteiger charge is -2.16. The van der Waals surface area contributed by atoms with Crippen LogP contribution in [0, 0.1) is 5.92 Å². The van der Waals surface area contributed by atoms with Gasteiger partial charge in [0.15, 0.2) is 0 Å². The molecule has 0 atom stereocenters. The van der Waals surface area contributed by atoms with E-state index >= 15 is 0 Å². The normalized spacial score (nSPS) is 14.7. The average molecular weight is 250 g/mol. The largest absolute Gasteiger partial charge is 0.315 e. The Morgan fingerprint density at radius 1 is 1.39 bits per heavy atom. The van der Waals surface area contributed by atoms with Crippen LogP contribution in [0.4, 0.5) is 0 Å². The molecule has 18 heavy (non-hydrogen) atoms. The third-order valence-corrected chi connectivity index (χ3v) is 3.53. The number of aromatic nitrogens is 2. The molecule has 0 amide bonds. The van der Waals surface area contributed by atoms with Crippen LogP contribution in [-0.2, 0) is 19.4 Å². The first-order chi connectivity index (χ1) is 8.66. The van der Waals surface area contributed by atoms with Crippen LogP contribution in [0.1, 0.15) is 37.2 Å². The number of H-pyrrole nitrogens is 1. The van der Waals surface area contributed by atoms with Gasteiger partial charge in [0.25, 0.3) is 0 Å². The Morgan fingerprint density at radius 2 is 2.22 bits per heavy atom. The van der Waals surface area contributed by atoms with Gasteiger partial charge in [-0.05, 0) is 44.3 Å². The molecule has 1 aliphatic rings. The van der Waals surface area contributed by atoms with E-state index in [4.69, 9.17) is 0 Å². The van der Waals surface area contributed by atoms with Gasteiger partial charge in [-0.25, -0.2) is 0 Å². The Morgan fingerprint density at radius 3 is 3.00 bits per heavy atom. The quantitative estimate of drug-likeness (QED) is 0.722. The summed E-state index contributed by atoms with van der Waals surface area (Å²) in [6.45, 7) is 8.68. The number of aromatic amines is 1. The Kier molecular flexibility index (Phi) is 4.78. The fourth-order valence-corrected chi connectivity index (χ4v) is 2.51. The number of nitrogens with one attached hydrogen (secondary N) is 2. The monoisotopic (exact) mass is 250 g/mol. The van der Waals surface area contributed by atoms with E-state index in [0.29, 0.717) is 0 Å². The van der Waals surface area contributed by atoms with Gasteiger partial charge in [-0.1, -0.05) is 13.8 Å². The number of hydrogen-bond acceptors (Lipinski definition) is 3. The van der Waals surface area contributed by atoms with Gasteiger partial charge >= 0.3 is 0 Å². The van der Waals surface area contributed by atoms with Gasteiger partial charge < -0.3 is 5.32 Å². The van der Waals surface area contributed by atoms with Gasteiger partial charge in [-0.2, -0.15) is 5.10 Å². The number of fused-ring (bicyclic) bond motifs is 1. The zero-order chi connectivity index (χ0) is 13.0. The minimum Gasteiger partial charge on any atom is -0.315 e. The molecule has 0 fully saturated rings. The van der Waals surface area contributed by atoms with Gasteiger partial charge in [0, 0.05) is 25.3 Å². The van der Waals surface area contributed by atoms with Crippen molar-refractivity contribution in [1.82, 2.24) is 20.4 Å². The van der Waals surface area contributed by atoms with Gasteiger partial charge in [0.1, 0.15) is 0 Å². The predicted octanol–water partition coefficient (Wildman–Crippen LogP) is 1.58. The summed E-state index contributed by atoms with van der Waals surface area (Å²) in [7, 11) is 2.17. The van der Waals surface area contributed by atoms with Crippen molar-refractivity contribution < 1.29 is 0 Å². The summed E-state index contributed by atoms with van der Waals surface area (Å²) in [6, 6.07) is 0. The number of rotatable bonds is 7. The lowest BCUT2D eigenvalue weighted by atomic mass is 10.2. The van der Waals surface area contributed by atoms with E-state index in [1.54, 1.807) is 0 Å². The Labute approximate surface area is 110 Å². The minimum absolute atomic E-state index is 0.727. The molecule has 0 saturated carbocycles. The molecule has 0 unspecified atom stereocenters. The summed E-state index contributed by atoms with van der Waals surface area (Å²) in [5.74, 6) is 0.727. The second-order valence-electron chi connectivity index (χ2n) is 5.82. The first kappa shape index (κ1) is 13.6. The van der Waals surface area contributed by atoms with E-state index in [0.717, 1.165) is 32.1 Å². The third kappa shape index (κ3) is 3.56. The van der Waals surface area contributed by atoms with Crippen LogP contribution in [0.2, 0.25) is 0 Å². The van der Waals surface area contributed by atoms with Gasteiger partial charge in [-0.15, -0.1) is 0 Å². The van der Waals surface area contributed by atoms with E-state index in [-0.39, 0.29) is 0 Å². The van der Waals surface area contributed by atoms with E-state index in [1.807, 2.05) is 0 Å². The highest BCUT2D eigenvalue weighted by atomic mass is 15.2. The molecule has 4 heteroatoms. The van der Waals surface area contributed by atoms with E-state index in [2.05, 4.69) is 41.3 Å². The minimum atomic E-state index is 0.727. The second kappa shape index (κ2) is 6.34. The van der Waals surface area contributed by atoms with Crippen LogP contribution in [0.15, 0.2) is 0 Å². The van der Waals surface area contributed by atoms with Crippen LogP contribution in [0.25, 0.3) is 0 Å². The highest BCUT2D eigenvalue weighted by Gasteiger charge is 2.18. The van der Waals surface area contributed by atoms with Crippen LogP contribution >= 0.6 is 0 Å². The number of nitrogens with zero attached hydrogens (tertiary/aromatic N) is 2. The molecule has 0 saturated heterocycles. The second-order valence-corrected chi connectivity index (χ2v) is 5.82. The number of likely N-dealkylation sites (N-methyl/N-ethyl adjacent to an activating group) is 1. The Bertz CT molecular complexity index is 370. The summed E-state index contributed by atoms with van der Waals surface area (Å²) in [5.41, 5.74) is 4.11. The van der Waals surface area contributed by atoms with E-state index in [1.165, 1.54) is 36.2 Å². The van der Waals surface area contributed by atoms with Crippen LogP contribution < -0.4 is 5.32 Å². The first-order valence-corrected chi connectivity index (χ1v) is 7.11. The molecule has 102 valence electrons. The Balaban J connectivity index is 1.72. The van der Waals surface area contributed by atoms with Gasteiger partial charge in [-0.3, -0.25) is 10.00 Å². The fraction of sp³-hybridized carbons (Fsp3) is 0.786. The molecular weight excluding hydrogens is 224 g/mol. The average Bonchev–Trinajstić information content (AvgIpc) is 2.89. The van der Waals surface area contributed by atoms with Gasteiger partial charge in [0.05, 0.1) is 5.69 Å². The maximum absolute atomic E-state index is 4.45. The van der Waals surface area contributed by atoms with Crippen molar-refractivity contribution in [3.05, 3.63) is 17.0 Å². The third-order valence-electron chi connectivity index (χ3n) is 3.53. The summed E-state index contributed by atoms with van der Waals surface area (Å²) in [5, 5.41) is 11.1. The van der Waals surface area contributed by atoms with Crippen LogP contribution in [0.3, 0.4) is 0 Å². The topological polar surface area (TPSA) is 44.0 Å². The predicted molar refractivity (Wildman–Crippen MR) is 74.7 cm³/mol. The van der Waals surface area contributed by atoms with Crippen molar-refractivity contribution in [2.45, 2.75) is 39.7 Å². The van der Waals surface area contributed by atoms with Crippen molar-refractivity contribution in [1.29, 1.82) is 0 Å². The van der Waals surface area contributed by atoms with Crippen molar-refractivity contribution >= 4 is 0 Å². The molecule has 4 nitrogen and oxygen atoms in total. The molecule has 2 N–H and O–H groups in total. The number of aryl methyl sites for hydroxylation is 1. The fourth-order valence-electron chi connectivity index (χ4n) is 2.51. The van der Waals surface area contributed by atoms with Crippen LogP contribution in [-0.4, -0.2) is 41.8 Å². The van der Waals surface area contributed by atoms with Crippen LogP contribution in [0.5, 0.6) is 0 Å². The maximum atomic E-state index is 4.45. The summed E-state index contributed by atoms with van der Waals surface area (Å²) < 4.78 is 0. The lowest BCUT2D eigenvalue weighted by Crippen LogP contribution is -2.31. The first-order valence-electron chi connectivity index (χ1n) is 7.11. The molecule has 0 radical (unpaired) electrons. The van der Waals surface area contributed by atoms with E-state index < -0.39 is 0 Å². The SMILES string of the molecule is CC(C)CNCCN(C)Cc1n[nH]c2c1CCC2. The van der Waals surface area contributed by atoms with Crippen molar-refractivity contribution in [2.75, 3.05) is 26.7 Å². The molecule has 1 aliphatic carbocycles. The van der Waals surface area contributed by atoms with E-state index in [9.17, 15) is 0 Å².